The summed E-state index contributed by atoms with van der Waals surface area (Å²) in [6.45, 7) is -0.174. The maximum absolute atomic E-state index is 11.8. The SMILES string of the molecule is NC(=O)NC(=O)CCNS(=O)(=O)c1ccccc1Cl. The van der Waals surface area contributed by atoms with E-state index >= 15 is 0 Å². The Hall–Kier alpha value is -1.64. The van der Waals surface area contributed by atoms with Crippen LogP contribution in [0.1, 0.15) is 6.42 Å². The molecule has 0 aromatic heterocycles. The number of hydrogen-bond donors (Lipinski definition) is 3. The first-order valence-corrected chi connectivity index (χ1v) is 7.02. The van der Waals surface area contributed by atoms with Crippen LogP contribution in [-0.2, 0) is 14.8 Å². The van der Waals surface area contributed by atoms with Crippen LogP contribution in [0.4, 0.5) is 4.79 Å². The van der Waals surface area contributed by atoms with Crippen molar-refractivity contribution in [2.75, 3.05) is 6.54 Å². The Morgan fingerprint density at radius 2 is 1.89 bits per heavy atom. The lowest BCUT2D eigenvalue weighted by Gasteiger charge is -2.07. The van der Waals surface area contributed by atoms with Gasteiger partial charge in [-0.3, -0.25) is 10.1 Å². The number of carbonyl (C=O) groups excluding carboxylic acids is 2. The minimum Gasteiger partial charge on any atom is -0.351 e. The Kier molecular flexibility index (Phi) is 5.28. The van der Waals surface area contributed by atoms with E-state index < -0.39 is 22.0 Å². The second-order valence-corrected chi connectivity index (χ2v) is 5.63. The highest BCUT2D eigenvalue weighted by molar-refractivity contribution is 7.89. The number of urea groups is 1. The normalized spacial score (nSPS) is 11.0. The number of halogens is 1. The highest BCUT2D eigenvalue weighted by Gasteiger charge is 2.17. The lowest BCUT2D eigenvalue weighted by atomic mass is 10.4. The van der Waals surface area contributed by atoms with Crippen molar-refractivity contribution >= 4 is 33.6 Å². The van der Waals surface area contributed by atoms with E-state index in [1.54, 1.807) is 6.07 Å². The van der Waals surface area contributed by atoms with E-state index in [0.717, 1.165) is 0 Å². The second-order valence-electron chi connectivity index (χ2n) is 3.49. The fourth-order valence-corrected chi connectivity index (χ4v) is 2.79. The fraction of sp³-hybridized carbons (Fsp3) is 0.200. The van der Waals surface area contributed by atoms with Gasteiger partial charge >= 0.3 is 6.03 Å². The summed E-state index contributed by atoms with van der Waals surface area (Å²) in [5, 5.41) is 1.90. The third-order valence-corrected chi connectivity index (χ3v) is 3.99. The van der Waals surface area contributed by atoms with Crippen molar-refractivity contribution in [1.82, 2.24) is 10.0 Å². The highest BCUT2D eigenvalue weighted by atomic mass is 35.5. The Morgan fingerprint density at radius 1 is 1.26 bits per heavy atom. The maximum atomic E-state index is 11.8. The topological polar surface area (TPSA) is 118 Å². The molecule has 1 aromatic carbocycles. The van der Waals surface area contributed by atoms with E-state index in [9.17, 15) is 18.0 Å². The number of primary amides is 1. The van der Waals surface area contributed by atoms with Crippen molar-refractivity contribution in [2.24, 2.45) is 5.73 Å². The molecule has 0 heterocycles. The molecule has 4 N–H and O–H groups in total. The zero-order valence-corrected chi connectivity index (χ0v) is 11.3. The zero-order chi connectivity index (χ0) is 14.5. The molecule has 0 spiro atoms. The summed E-state index contributed by atoms with van der Waals surface area (Å²) in [5.41, 5.74) is 4.73. The summed E-state index contributed by atoms with van der Waals surface area (Å²) in [6, 6.07) is 4.92. The Labute approximate surface area is 115 Å². The summed E-state index contributed by atoms with van der Waals surface area (Å²) >= 11 is 5.76. The van der Waals surface area contributed by atoms with Crippen molar-refractivity contribution < 1.29 is 18.0 Å². The van der Waals surface area contributed by atoms with Gasteiger partial charge < -0.3 is 5.73 Å². The van der Waals surface area contributed by atoms with Gasteiger partial charge in [0.05, 0.1) is 5.02 Å². The predicted molar refractivity (Wildman–Crippen MR) is 69.0 cm³/mol. The summed E-state index contributed by atoms with van der Waals surface area (Å²) in [7, 11) is -3.79. The van der Waals surface area contributed by atoms with Crippen LogP contribution in [0.5, 0.6) is 0 Å². The average molecular weight is 306 g/mol. The largest absolute Gasteiger partial charge is 0.351 e. The molecule has 1 aromatic rings. The standard InChI is InChI=1S/C10H12ClN3O4S/c11-7-3-1-2-4-8(7)19(17,18)13-6-5-9(15)14-10(12)16/h1-4,13H,5-6H2,(H3,12,14,15,16). The molecular weight excluding hydrogens is 294 g/mol. The zero-order valence-electron chi connectivity index (χ0n) is 9.72. The van der Waals surface area contributed by atoms with Crippen LogP contribution < -0.4 is 15.8 Å². The number of nitrogens with two attached hydrogens (primary N) is 1. The molecule has 9 heteroatoms. The second kappa shape index (κ2) is 6.50. The fourth-order valence-electron chi connectivity index (χ4n) is 1.24. The van der Waals surface area contributed by atoms with E-state index in [2.05, 4.69) is 4.72 Å². The van der Waals surface area contributed by atoms with Crippen LogP contribution in [0.15, 0.2) is 29.2 Å². The van der Waals surface area contributed by atoms with E-state index in [4.69, 9.17) is 17.3 Å². The van der Waals surface area contributed by atoms with Gasteiger partial charge in [-0.25, -0.2) is 17.9 Å². The maximum Gasteiger partial charge on any atom is 0.318 e. The van der Waals surface area contributed by atoms with Gasteiger partial charge in [-0.05, 0) is 12.1 Å². The molecule has 3 amide bonds. The number of imide groups is 1. The monoisotopic (exact) mass is 305 g/mol. The van der Waals surface area contributed by atoms with Crippen LogP contribution in [0, 0.1) is 0 Å². The van der Waals surface area contributed by atoms with Crippen LogP contribution >= 0.6 is 11.6 Å². The molecule has 0 saturated heterocycles. The number of benzene rings is 1. The van der Waals surface area contributed by atoms with Gasteiger partial charge in [0.15, 0.2) is 0 Å². The molecule has 0 bridgehead atoms. The van der Waals surface area contributed by atoms with Crippen molar-refractivity contribution in [3.05, 3.63) is 29.3 Å². The molecule has 19 heavy (non-hydrogen) atoms. The quantitative estimate of drug-likeness (QED) is 0.720. The number of rotatable bonds is 5. The van der Waals surface area contributed by atoms with E-state index in [-0.39, 0.29) is 22.9 Å². The van der Waals surface area contributed by atoms with Gasteiger partial charge in [0.25, 0.3) is 0 Å². The number of amides is 3. The molecule has 0 atom stereocenters. The van der Waals surface area contributed by atoms with Gasteiger partial charge in [-0.2, -0.15) is 0 Å². The third kappa shape index (κ3) is 4.86. The number of nitrogens with one attached hydrogen (secondary N) is 2. The van der Waals surface area contributed by atoms with E-state index in [0.29, 0.717) is 0 Å². The Balaban J connectivity index is 2.60. The summed E-state index contributed by atoms with van der Waals surface area (Å²) < 4.78 is 25.9. The lowest BCUT2D eigenvalue weighted by molar-refractivity contribution is -0.119. The predicted octanol–water partition coefficient (Wildman–Crippen LogP) is 0.203. The van der Waals surface area contributed by atoms with Gasteiger partial charge in [-0.1, -0.05) is 23.7 Å². The molecule has 0 unspecified atom stereocenters. The molecule has 0 radical (unpaired) electrons. The first-order valence-electron chi connectivity index (χ1n) is 5.16. The average Bonchev–Trinajstić information content (AvgIpc) is 2.27. The lowest BCUT2D eigenvalue weighted by Crippen LogP contribution is -2.37. The number of hydrogen-bond acceptors (Lipinski definition) is 4. The van der Waals surface area contributed by atoms with E-state index in [1.807, 2.05) is 5.32 Å². The minimum absolute atomic E-state index is 0.0769. The summed E-state index contributed by atoms with van der Waals surface area (Å²) in [6.07, 6.45) is -0.216. The summed E-state index contributed by atoms with van der Waals surface area (Å²) in [4.78, 5) is 21.4. The van der Waals surface area contributed by atoms with E-state index in [1.165, 1.54) is 18.2 Å². The Bertz CT molecular complexity index is 588. The number of carbonyl (C=O) groups is 2. The van der Waals surface area contributed by atoms with Crippen molar-refractivity contribution in [3.8, 4) is 0 Å². The third-order valence-electron chi connectivity index (χ3n) is 2.03. The van der Waals surface area contributed by atoms with Crippen LogP contribution in [0.25, 0.3) is 0 Å². The molecule has 0 aliphatic heterocycles. The summed E-state index contributed by atoms with van der Waals surface area (Å²) in [5.74, 6) is -0.672. The van der Waals surface area contributed by atoms with Crippen LogP contribution in [0.3, 0.4) is 0 Å². The van der Waals surface area contributed by atoms with Gasteiger partial charge in [0.1, 0.15) is 4.90 Å². The molecular formula is C10H12ClN3O4S. The minimum atomic E-state index is -3.79. The Morgan fingerprint density at radius 3 is 2.47 bits per heavy atom. The van der Waals surface area contributed by atoms with Gasteiger partial charge in [-0.15, -0.1) is 0 Å². The molecule has 0 fully saturated rings. The highest BCUT2D eigenvalue weighted by Crippen LogP contribution is 2.19. The van der Waals surface area contributed by atoms with Crippen molar-refractivity contribution in [2.45, 2.75) is 11.3 Å². The molecule has 0 saturated carbocycles. The van der Waals surface area contributed by atoms with Gasteiger partial charge in [0.2, 0.25) is 15.9 Å². The number of sulfonamides is 1. The van der Waals surface area contributed by atoms with Crippen molar-refractivity contribution in [1.29, 1.82) is 0 Å². The van der Waals surface area contributed by atoms with Gasteiger partial charge in [0, 0.05) is 13.0 Å². The molecule has 7 nitrogen and oxygen atoms in total. The molecule has 104 valence electrons. The smallest absolute Gasteiger partial charge is 0.318 e. The molecule has 0 aliphatic carbocycles. The molecule has 1 rings (SSSR count). The molecule has 0 aliphatic rings. The van der Waals surface area contributed by atoms with Crippen molar-refractivity contribution in [3.63, 3.8) is 0 Å². The van der Waals surface area contributed by atoms with Crippen LogP contribution in [-0.4, -0.2) is 26.9 Å². The first-order chi connectivity index (χ1) is 8.83. The van der Waals surface area contributed by atoms with Crippen LogP contribution in [0.2, 0.25) is 5.02 Å². The first kappa shape index (κ1) is 15.4.